The van der Waals surface area contributed by atoms with Gasteiger partial charge < -0.3 is 10.1 Å². The predicted octanol–water partition coefficient (Wildman–Crippen LogP) is 2.54. The number of ether oxygens (including phenoxy) is 1. The lowest BCUT2D eigenvalue weighted by atomic mass is 10.2. The maximum absolute atomic E-state index is 13.5. The van der Waals surface area contributed by atoms with Crippen LogP contribution in [0, 0.1) is 11.6 Å². The van der Waals surface area contributed by atoms with Gasteiger partial charge in [0.05, 0.1) is 24.6 Å². The average molecular weight is 412 g/mol. The van der Waals surface area contributed by atoms with Crippen LogP contribution in [0.4, 0.5) is 20.2 Å². The van der Waals surface area contributed by atoms with Crippen molar-refractivity contribution in [1.82, 2.24) is 0 Å². The van der Waals surface area contributed by atoms with E-state index in [0.717, 1.165) is 18.4 Å². The van der Waals surface area contributed by atoms with Crippen LogP contribution in [0.15, 0.2) is 42.5 Å². The van der Waals surface area contributed by atoms with E-state index in [1.54, 1.807) is 0 Å². The smallest absolute Gasteiger partial charge is 0.337 e. The van der Waals surface area contributed by atoms with Gasteiger partial charge in [0.1, 0.15) is 6.04 Å². The molecule has 0 aromatic heterocycles. The monoisotopic (exact) mass is 412 g/mol. The highest BCUT2D eigenvalue weighted by Crippen LogP contribution is 2.24. The zero-order valence-electron chi connectivity index (χ0n) is 15.3. The second-order valence-electron chi connectivity index (χ2n) is 5.89. The minimum Gasteiger partial charge on any atom is -0.465 e. The molecule has 0 aliphatic rings. The van der Waals surface area contributed by atoms with E-state index in [1.807, 2.05) is 0 Å². The largest absolute Gasteiger partial charge is 0.465 e. The van der Waals surface area contributed by atoms with Crippen LogP contribution in [-0.4, -0.2) is 39.7 Å². The number of nitrogens with one attached hydrogen (secondary N) is 1. The number of carbonyl (C=O) groups is 2. The van der Waals surface area contributed by atoms with Gasteiger partial charge in [0.15, 0.2) is 11.6 Å². The Bertz CT molecular complexity index is 994. The van der Waals surface area contributed by atoms with Gasteiger partial charge in [-0.25, -0.2) is 22.0 Å². The van der Waals surface area contributed by atoms with Crippen LogP contribution >= 0.6 is 0 Å². The number of amides is 1. The van der Waals surface area contributed by atoms with Crippen LogP contribution in [0.2, 0.25) is 0 Å². The van der Waals surface area contributed by atoms with Gasteiger partial charge in [0, 0.05) is 11.8 Å². The topological polar surface area (TPSA) is 92.8 Å². The molecule has 28 heavy (non-hydrogen) atoms. The van der Waals surface area contributed by atoms with Crippen LogP contribution in [0.3, 0.4) is 0 Å². The summed E-state index contributed by atoms with van der Waals surface area (Å²) in [4.78, 5) is 23.9. The Kier molecular flexibility index (Phi) is 6.34. The number of methoxy groups -OCH3 is 1. The third-order valence-electron chi connectivity index (χ3n) is 3.82. The highest BCUT2D eigenvalue weighted by Gasteiger charge is 2.29. The molecule has 0 spiro atoms. The van der Waals surface area contributed by atoms with Gasteiger partial charge >= 0.3 is 5.97 Å². The molecule has 10 heteroatoms. The van der Waals surface area contributed by atoms with Crippen LogP contribution < -0.4 is 9.62 Å². The van der Waals surface area contributed by atoms with Crippen molar-refractivity contribution in [3.63, 3.8) is 0 Å². The molecule has 1 atom stereocenters. The molecule has 150 valence electrons. The molecule has 0 bridgehead atoms. The Hall–Kier alpha value is -3.01. The Labute approximate surface area is 161 Å². The van der Waals surface area contributed by atoms with Gasteiger partial charge in [-0.15, -0.1) is 0 Å². The molecule has 2 rings (SSSR count). The molecule has 1 amide bonds. The Morgan fingerprint density at radius 1 is 1.07 bits per heavy atom. The van der Waals surface area contributed by atoms with E-state index in [1.165, 1.54) is 38.3 Å². The lowest BCUT2D eigenvalue weighted by Gasteiger charge is -2.28. The minimum absolute atomic E-state index is 0.190. The first kappa shape index (κ1) is 21.3. The van der Waals surface area contributed by atoms with Crippen LogP contribution in [0.5, 0.6) is 0 Å². The quantitative estimate of drug-likeness (QED) is 0.736. The first-order chi connectivity index (χ1) is 13.0. The predicted molar refractivity (Wildman–Crippen MR) is 99.6 cm³/mol. The van der Waals surface area contributed by atoms with E-state index in [2.05, 4.69) is 10.1 Å². The Morgan fingerprint density at radius 2 is 1.68 bits per heavy atom. The number of anilines is 2. The summed E-state index contributed by atoms with van der Waals surface area (Å²) < 4.78 is 56.3. The molecule has 7 nitrogen and oxygen atoms in total. The number of halogens is 2. The summed E-state index contributed by atoms with van der Waals surface area (Å²) in [5, 5.41) is 2.51. The van der Waals surface area contributed by atoms with Crippen molar-refractivity contribution >= 4 is 33.3 Å². The van der Waals surface area contributed by atoms with E-state index in [9.17, 15) is 26.8 Å². The van der Waals surface area contributed by atoms with Crippen molar-refractivity contribution in [2.45, 2.75) is 13.0 Å². The fourth-order valence-corrected chi connectivity index (χ4v) is 3.65. The van der Waals surface area contributed by atoms with Crippen molar-refractivity contribution in [2.75, 3.05) is 23.0 Å². The summed E-state index contributed by atoms with van der Waals surface area (Å²) >= 11 is 0. The average Bonchev–Trinajstić information content (AvgIpc) is 2.63. The molecule has 1 N–H and O–H groups in total. The van der Waals surface area contributed by atoms with Crippen molar-refractivity contribution in [2.24, 2.45) is 0 Å². The molecule has 0 aliphatic carbocycles. The van der Waals surface area contributed by atoms with Crippen molar-refractivity contribution in [3.8, 4) is 0 Å². The molecular formula is C18H18F2N2O5S. The summed E-state index contributed by atoms with van der Waals surface area (Å²) in [7, 11) is -2.75. The Morgan fingerprint density at radius 3 is 2.18 bits per heavy atom. The van der Waals surface area contributed by atoms with E-state index < -0.39 is 39.6 Å². The van der Waals surface area contributed by atoms with Crippen molar-refractivity contribution in [1.29, 1.82) is 0 Å². The van der Waals surface area contributed by atoms with Gasteiger partial charge in [-0.1, -0.05) is 0 Å². The van der Waals surface area contributed by atoms with Crippen molar-refractivity contribution in [3.05, 3.63) is 59.7 Å². The standard InChI is InChI=1S/C18H18F2N2O5S/c1-11(17(23)21-13-6-4-12(5-7-13)18(24)27-2)22(28(3,25)26)14-8-9-15(19)16(20)10-14/h4-11H,1-3H3,(H,21,23)/t11-/m1/s1. The minimum atomic E-state index is -3.98. The molecular weight excluding hydrogens is 394 g/mol. The van der Waals surface area contributed by atoms with Crippen LogP contribution in [0.25, 0.3) is 0 Å². The molecule has 0 unspecified atom stereocenters. The summed E-state index contributed by atoms with van der Waals surface area (Å²) in [5.41, 5.74) is 0.390. The number of hydrogen-bond donors (Lipinski definition) is 1. The first-order valence-corrected chi connectivity index (χ1v) is 9.83. The highest BCUT2D eigenvalue weighted by atomic mass is 32.2. The molecule has 0 heterocycles. The fourth-order valence-electron chi connectivity index (χ4n) is 2.49. The van der Waals surface area contributed by atoms with Crippen molar-refractivity contribution < 1.29 is 31.5 Å². The van der Waals surface area contributed by atoms with Gasteiger partial charge in [-0.05, 0) is 43.3 Å². The van der Waals surface area contributed by atoms with Crippen LogP contribution in [0.1, 0.15) is 17.3 Å². The molecule has 0 saturated carbocycles. The zero-order chi connectivity index (χ0) is 21.1. The molecule has 0 aliphatic heterocycles. The SMILES string of the molecule is COC(=O)c1ccc(NC(=O)[C@@H](C)N(c2ccc(F)c(F)c2)S(C)(=O)=O)cc1. The van der Waals surface area contributed by atoms with E-state index in [-0.39, 0.29) is 11.3 Å². The lowest BCUT2D eigenvalue weighted by Crippen LogP contribution is -2.45. The maximum Gasteiger partial charge on any atom is 0.337 e. The van der Waals surface area contributed by atoms with E-state index >= 15 is 0 Å². The molecule has 2 aromatic carbocycles. The number of carbonyl (C=O) groups excluding carboxylic acids is 2. The normalized spacial score (nSPS) is 12.2. The number of nitrogens with zero attached hydrogens (tertiary/aromatic N) is 1. The third-order valence-corrected chi connectivity index (χ3v) is 5.06. The molecule has 0 radical (unpaired) electrons. The van der Waals surface area contributed by atoms with E-state index in [0.29, 0.717) is 16.1 Å². The second kappa shape index (κ2) is 8.34. The van der Waals surface area contributed by atoms with Gasteiger partial charge in [-0.3, -0.25) is 9.10 Å². The second-order valence-corrected chi connectivity index (χ2v) is 7.75. The number of benzene rings is 2. The first-order valence-electron chi connectivity index (χ1n) is 7.98. The lowest BCUT2D eigenvalue weighted by molar-refractivity contribution is -0.116. The molecule has 0 saturated heterocycles. The van der Waals surface area contributed by atoms with Gasteiger partial charge in [0.25, 0.3) is 0 Å². The summed E-state index contributed by atoms with van der Waals surface area (Å²) in [6, 6.07) is 7.02. The number of esters is 1. The number of rotatable bonds is 6. The third kappa shape index (κ3) is 4.83. The summed E-state index contributed by atoms with van der Waals surface area (Å²) in [6.07, 6.45) is 0.850. The maximum atomic E-state index is 13.5. The number of sulfonamides is 1. The molecule has 0 fully saturated rings. The van der Waals surface area contributed by atoms with Crippen LogP contribution in [-0.2, 0) is 19.6 Å². The highest BCUT2D eigenvalue weighted by molar-refractivity contribution is 7.92. The summed E-state index contributed by atoms with van der Waals surface area (Å²) in [5.74, 6) is -3.63. The fraction of sp³-hybridized carbons (Fsp3) is 0.222. The van der Waals surface area contributed by atoms with Gasteiger partial charge in [-0.2, -0.15) is 0 Å². The number of hydrogen-bond acceptors (Lipinski definition) is 5. The van der Waals surface area contributed by atoms with E-state index in [4.69, 9.17) is 0 Å². The summed E-state index contributed by atoms with van der Waals surface area (Å²) in [6.45, 7) is 1.31. The Balaban J connectivity index is 2.26. The van der Waals surface area contributed by atoms with Gasteiger partial charge in [0.2, 0.25) is 15.9 Å². The zero-order valence-corrected chi connectivity index (χ0v) is 16.1. The molecule has 2 aromatic rings.